The number of ether oxygens (including phenoxy) is 1. The van der Waals surface area contributed by atoms with E-state index in [0.29, 0.717) is 34.2 Å². The van der Waals surface area contributed by atoms with Crippen LogP contribution in [0.15, 0.2) is 72.8 Å². The third kappa shape index (κ3) is 6.88. The Morgan fingerprint density at radius 3 is 2.55 bits per heavy atom. The van der Waals surface area contributed by atoms with Gasteiger partial charge in [-0.2, -0.15) is 5.26 Å². The van der Waals surface area contributed by atoms with Gasteiger partial charge in [0.2, 0.25) is 5.91 Å². The van der Waals surface area contributed by atoms with Crippen LogP contribution in [0, 0.1) is 11.3 Å². The zero-order chi connectivity index (χ0) is 22.1. The molecule has 0 saturated carbocycles. The fourth-order valence-corrected chi connectivity index (χ4v) is 2.90. The van der Waals surface area contributed by atoms with Crippen LogP contribution >= 0.6 is 11.6 Å². The lowest BCUT2D eigenvalue weighted by atomic mass is 10.1. The SMILES string of the molecule is N#Cc1cccc(COc2cccc(NC(=O)CCNC(=O)c3ccc(Cl)cc3)c2)c1. The summed E-state index contributed by atoms with van der Waals surface area (Å²) in [5.41, 5.74) is 2.53. The van der Waals surface area contributed by atoms with Gasteiger partial charge in [0.25, 0.3) is 5.91 Å². The molecule has 0 aliphatic heterocycles. The number of rotatable bonds is 8. The minimum absolute atomic E-state index is 0.130. The van der Waals surface area contributed by atoms with E-state index in [9.17, 15) is 9.59 Å². The highest BCUT2D eigenvalue weighted by Gasteiger charge is 2.08. The number of nitrogens with zero attached hydrogens (tertiary/aromatic N) is 1. The first kappa shape index (κ1) is 21.9. The van der Waals surface area contributed by atoms with Gasteiger partial charge in [-0.25, -0.2) is 0 Å². The molecule has 0 saturated heterocycles. The molecular weight excluding hydrogens is 414 g/mol. The van der Waals surface area contributed by atoms with Crippen molar-refractivity contribution in [3.05, 3.63) is 94.5 Å². The molecule has 7 heteroatoms. The number of halogens is 1. The van der Waals surface area contributed by atoms with E-state index in [0.717, 1.165) is 5.56 Å². The number of carbonyl (C=O) groups excluding carboxylic acids is 2. The third-order valence-corrected chi connectivity index (χ3v) is 4.58. The molecule has 0 aliphatic carbocycles. The Hall–Kier alpha value is -3.82. The van der Waals surface area contributed by atoms with Crippen LogP contribution in [0.1, 0.15) is 27.9 Å². The Labute approximate surface area is 185 Å². The lowest BCUT2D eigenvalue weighted by Crippen LogP contribution is -2.27. The second-order valence-corrected chi connectivity index (χ2v) is 7.13. The van der Waals surface area contributed by atoms with Crippen LogP contribution in [0.25, 0.3) is 0 Å². The standard InChI is InChI=1S/C24H20ClN3O3/c25-20-9-7-19(8-10-20)24(30)27-12-11-23(29)28-21-5-2-6-22(14-21)31-16-18-4-1-3-17(13-18)15-26/h1-10,13-14H,11-12,16H2,(H,27,30)(H,28,29). The zero-order valence-electron chi connectivity index (χ0n) is 16.6. The van der Waals surface area contributed by atoms with Gasteiger partial charge in [0.05, 0.1) is 11.6 Å². The van der Waals surface area contributed by atoms with Crippen LogP contribution in [0.5, 0.6) is 5.75 Å². The molecule has 156 valence electrons. The van der Waals surface area contributed by atoms with Crippen molar-refractivity contribution >= 4 is 29.1 Å². The molecule has 3 aromatic rings. The van der Waals surface area contributed by atoms with Crippen LogP contribution in [-0.4, -0.2) is 18.4 Å². The van der Waals surface area contributed by atoms with Crippen molar-refractivity contribution in [3.63, 3.8) is 0 Å². The van der Waals surface area contributed by atoms with E-state index in [1.54, 1.807) is 66.7 Å². The Morgan fingerprint density at radius 2 is 1.77 bits per heavy atom. The van der Waals surface area contributed by atoms with Crippen LogP contribution in [0.3, 0.4) is 0 Å². The van der Waals surface area contributed by atoms with Crippen LogP contribution < -0.4 is 15.4 Å². The maximum Gasteiger partial charge on any atom is 0.251 e. The fraction of sp³-hybridized carbons (Fsp3) is 0.125. The third-order valence-electron chi connectivity index (χ3n) is 4.32. The highest BCUT2D eigenvalue weighted by atomic mass is 35.5. The lowest BCUT2D eigenvalue weighted by Gasteiger charge is -2.10. The van der Waals surface area contributed by atoms with Crippen molar-refractivity contribution in [1.29, 1.82) is 5.26 Å². The van der Waals surface area contributed by atoms with Gasteiger partial charge in [0, 0.05) is 35.3 Å². The van der Waals surface area contributed by atoms with Crippen molar-refractivity contribution in [2.45, 2.75) is 13.0 Å². The maximum atomic E-state index is 12.2. The topological polar surface area (TPSA) is 91.2 Å². The molecule has 0 heterocycles. The summed E-state index contributed by atoms with van der Waals surface area (Å²) in [5.74, 6) is 0.104. The molecule has 2 N–H and O–H groups in total. The molecule has 3 aromatic carbocycles. The molecule has 6 nitrogen and oxygen atoms in total. The summed E-state index contributed by atoms with van der Waals surface area (Å²) < 4.78 is 5.76. The highest BCUT2D eigenvalue weighted by molar-refractivity contribution is 6.30. The largest absolute Gasteiger partial charge is 0.489 e. The molecule has 0 aliphatic rings. The quantitative estimate of drug-likeness (QED) is 0.545. The van der Waals surface area contributed by atoms with Gasteiger partial charge in [-0.05, 0) is 54.1 Å². The molecule has 0 atom stereocenters. The van der Waals surface area contributed by atoms with Crippen molar-refractivity contribution in [2.75, 3.05) is 11.9 Å². The van der Waals surface area contributed by atoms with E-state index in [2.05, 4.69) is 16.7 Å². The number of hydrogen-bond acceptors (Lipinski definition) is 4. The summed E-state index contributed by atoms with van der Waals surface area (Å²) in [6.45, 7) is 0.516. The summed E-state index contributed by atoms with van der Waals surface area (Å²) in [6.07, 6.45) is 0.130. The number of anilines is 1. The normalized spacial score (nSPS) is 10.1. The number of benzene rings is 3. The monoisotopic (exact) mass is 433 g/mol. The smallest absolute Gasteiger partial charge is 0.251 e. The Kier molecular flexibility index (Phi) is 7.63. The number of carbonyl (C=O) groups is 2. The molecule has 3 rings (SSSR count). The van der Waals surface area contributed by atoms with Crippen LogP contribution in [-0.2, 0) is 11.4 Å². The molecular formula is C24H20ClN3O3. The fourth-order valence-electron chi connectivity index (χ4n) is 2.78. The predicted molar refractivity (Wildman–Crippen MR) is 119 cm³/mol. The lowest BCUT2D eigenvalue weighted by molar-refractivity contribution is -0.116. The Bertz CT molecular complexity index is 1110. The molecule has 0 aromatic heterocycles. The molecule has 0 fully saturated rings. The van der Waals surface area contributed by atoms with E-state index < -0.39 is 0 Å². The van der Waals surface area contributed by atoms with Crippen molar-refractivity contribution in [2.24, 2.45) is 0 Å². The van der Waals surface area contributed by atoms with E-state index >= 15 is 0 Å². The second kappa shape index (κ2) is 10.8. The van der Waals surface area contributed by atoms with E-state index in [-0.39, 0.29) is 24.8 Å². The summed E-state index contributed by atoms with van der Waals surface area (Å²) in [5, 5.41) is 15.0. The predicted octanol–water partition coefficient (Wildman–Crippen LogP) is 4.55. The minimum atomic E-state index is -0.264. The number of amides is 2. The first-order valence-corrected chi connectivity index (χ1v) is 9.97. The molecule has 31 heavy (non-hydrogen) atoms. The molecule has 0 spiro atoms. The Morgan fingerprint density at radius 1 is 1.00 bits per heavy atom. The average Bonchev–Trinajstić information content (AvgIpc) is 2.78. The van der Waals surface area contributed by atoms with E-state index in [1.807, 2.05) is 6.07 Å². The van der Waals surface area contributed by atoms with Crippen molar-refractivity contribution in [1.82, 2.24) is 5.32 Å². The summed E-state index contributed by atoms with van der Waals surface area (Å²) in [4.78, 5) is 24.2. The van der Waals surface area contributed by atoms with Crippen LogP contribution in [0.2, 0.25) is 5.02 Å². The molecule has 0 bridgehead atoms. The first-order chi connectivity index (χ1) is 15.0. The molecule has 2 amide bonds. The first-order valence-electron chi connectivity index (χ1n) is 9.59. The maximum absolute atomic E-state index is 12.2. The van der Waals surface area contributed by atoms with Gasteiger partial charge in [0.1, 0.15) is 12.4 Å². The number of nitrogens with one attached hydrogen (secondary N) is 2. The second-order valence-electron chi connectivity index (χ2n) is 6.69. The number of hydrogen-bond donors (Lipinski definition) is 2. The summed E-state index contributed by atoms with van der Waals surface area (Å²) in [6, 6.07) is 22.9. The van der Waals surface area contributed by atoms with E-state index in [4.69, 9.17) is 21.6 Å². The minimum Gasteiger partial charge on any atom is -0.489 e. The van der Waals surface area contributed by atoms with E-state index in [1.165, 1.54) is 0 Å². The van der Waals surface area contributed by atoms with Gasteiger partial charge in [-0.15, -0.1) is 0 Å². The Balaban J connectivity index is 1.46. The highest BCUT2D eigenvalue weighted by Crippen LogP contribution is 2.19. The molecule has 0 radical (unpaired) electrons. The average molecular weight is 434 g/mol. The van der Waals surface area contributed by atoms with Gasteiger partial charge >= 0.3 is 0 Å². The van der Waals surface area contributed by atoms with Gasteiger partial charge < -0.3 is 15.4 Å². The van der Waals surface area contributed by atoms with Crippen molar-refractivity contribution in [3.8, 4) is 11.8 Å². The van der Waals surface area contributed by atoms with Gasteiger partial charge in [-0.3, -0.25) is 9.59 Å². The van der Waals surface area contributed by atoms with Crippen LogP contribution in [0.4, 0.5) is 5.69 Å². The van der Waals surface area contributed by atoms with Gasteiger partial charge in [-0.1, -0.05) is 29.8 Å². The zero-order valence-corrected chi connectivity index (χ0v) is 17.4. The van der Waals surface area contributed by atoms with Gasteiger partial charge in [0.15, 0.2) is 0 Å². The summed E-state index contributed by atoms with van der Waals surface area (Å²) >= 11 is 5.81. The summed E-state index contributed by atoms with van der Waals surface area (Å²) in [7, 11) is 0. The number of nitriles is 1. The van der Waals surface area contributed by atoms with Crippen molar-refractivity contribution < 1.29 is 14.3 Å². The molecule has 0 unspecified atom stereocenters.